The molecule has 4 aromatic rings. The summed E-state index contributed by atoms with van der Waals surface area (Å²) in [7, 11) is 0. The number of fused-ring (bicyclic) bond motifs is 1. The highest BCUT2D eigenvalue weighted by Gasteiger charge is 2.14. The van der Waals surface area contributed by atoms with E-state index < -0.39 is 0 Å². The average Bonchev–Trinajstić information content (AvgIpc) is 3.14. The Morgan fingerprint density at radius 3 is 2.58 bits per heavy atom. The molecule has 3 heterocycles. The molecule has 8 heteroatoms. The van der Waals surface area contributed by atoms with Crippen LogP contribution in [0.5, 0.6) is 11.8 Å². The number of ether oxygens (including phenoxy) is 1. The summed E-state index contributed by atoms with van der Waals surface area (Å²) in [5.74, 6) is 1.96. The third-order valence-corrected chi connectivity index (χ3v) is 3.36. The van der Waals surface area contributed by atoms with Gasteiger partial charge in [-0.25, -0.2) is 0 Å². The van der Waals surface area contributed by atoms with Crippen molar-refractivity contribution in [3.05, 3.63) is 47.7 Å². The molecule has 0 fully saturated rings. The first kappa shape index (κ1) is 14.2. The highest BCUT2D eigenvalue weighted by atomic mass is 16.5. The first-order valence-electron chi connectivity index (χ1n) is 7.29. The largest absolute Gasteiger partial charge is 0.461 e. The van der Waals surface area contributed by atoms with E-state index in [1.807, 2.05) is 26.0 Å². The quantitative estimate of drug-likeness (QED) is 0.618. The summed E-state index contributed by atoms with van der Waals surface area (Å²) in [5, 5.41) is 4.24. The molecule has 0 saturated carbocycles. The Hall–Kier alpha value is -3.42. The van der Waals surface area contributed by atoms with Gasteiger partial charge in [0.15, 0.2) is 5.76 Å². The van der Waals surface area contributed by atoms with Crippen LogP contribution in [0.25, 0.3) is 17.4 Å². The molecule has 4 rings (SSSR count). The van der Waals surface area contributed by atoms with Crippen molar-refractivity contribution in [2.24, 2.45) is 0 Å². The zero-order chi connectivity index (χ0) is 16.7. The van der Waals surface area contributed by atoms with Crippen molar-refractivity contribution in [1.29, 1.82) is 0 Å². The molecule has 0 amide bonds. The van der Waals surface area contributed by atoms with E-state index in [0.717, 1.165) is 11.1 Å². The SMILES string of the molecule is Cc1cc(C)cc(Oc2nc(N)n3nc(-c4ccco4)nc3n2)c1. The maximum absolute atomic E-state index is 5.94. The Morgan fingerprint density at radius 2 is 1.88 bits per heavy atom. The highest BCUT2D eigenvalue weighted by Crippen LogP contribution is 2.23. The van der Waals surface area contributed by atoms with E-state index >= 15 is 0 Å². The predicted molar refractivity (Wildman–Crippen MR) is 86.7 cm³/mol. The van der Waals surface area contributed by atoms with Crippen LogP contribution in [-0.4, -0.2) is 24.6 Å². The van der Waals surface area contributed by atoms with E-state index in [1.165, 1.54) is 4.52 Å². The van der Waals surface area contributed by atoms with Crippen LogP contribution in [0.15, 0.2) is 41.0 Å². The summed E-state index contributed by atoms with van der Waals surface area (Å²) in [4.78, 5) is 12.7. The summed E-state index contributed by atoms with van der Waals surface area (Å²) in [6.45, 7) is 3.98. The van der Waals surface area contributed by atoms with Crippen LogP contribution in [0.3, 0.4) is 0 Å². The number of hydrogen-bond donors (Lipinski definition) is 1. The molecule has 1 aromatic carbocycles. The molecule has 0 saturated heterocycles. The van der Waals surface area contributed by atoms with Gasteiger partial charge < -0.3 is 14.9 Å². The third-order valence-electron chi connectivity index (χ3n) is 3.36. The lowest BCUT2D eigenvalue weighted by Gasteiger charge is -2.06. The van der Waals surface area contributed by atoms with Gasteiger partial charge in [-0.1, -0.05) is 6.07 Å². The zero-order valence-electron chi connectivity index (χ0n) is 13.1. The summed E-state index contributed by atoms with van der Waals surface area (Å²) in [6.07, 6.45) is 1.55. The number of nitrogens with two attached hydrogens (primary N) is 1. The molecule has 0 aliphatic heterocycles. The van der Waals surface area contributed by atoms with Gasteiger partial charge in [-0.2, -0.15) is 19.5 Å². The Labute approximate surface area is 136 Å². The summed E-state index contributed by atoms with van der Waals surface area (Å²) >= 11 is 0. The number of benzene rings is 1. The minimum Gasteiger partial charge on any atom is -0.461 e. The first-order valence-corrected chi connectivity index (χ1v) is 7.29. The van der Waals surface area contributed by atoms with Gasteiger partial charge in [-0.15, -0.1) is 5.10 Å². The summed E-state index contributed by atoms with van der Waals surface area (Å²) in [5.41, 5.74) is 8.11. The van der Waals surface area contributed by atoms with Gasteiger partial charge in [0.1, 0.15) is 5.75 Å². The van der Waals surface area contributed by atoms with Gasteiger partial charge in [0.2, 0.25) is 11.8 Å². The van der Waals surface area contributed by atoms with Crippen LogP contribution in [0, 0.1) is 13.8 Å². The van der Waals surface area contributed by atoms with Gasteiger partial charge in [0.25, 0.3) is 5.78 Å². The number of aromatic nitrogens is 5. The number of aryl methyl sites for hydroxylation is 2. The summed E-state index contributed by atoms with van der Waals surface area (Å²) < 4.78 is 12.3. The lowest BCUT2D eigenvalue weighted by Crippen LogP contribution is -2.05. The normalized spacial score (nSPS) is 11.1. The number of rotatable bonds is 3. The molecule has 3 aromatic heterocycles. The fourth-order valence-corrected chi connectivity index (χ4v) is 2.44. The van der Waals surface area contributed by atoms with Gasteiger partial charge in [-0.05, 0) is 49.2 Å². The first-order chi connectivity index (χ1) is 11.6. The summed E-state index contributed by atoms with van der Waals surface area (Å²) in [6, 6.07) is 9.47. The maximum atomic E-state index is 5.94. The molecule has 0 bridgehead atoms. The van der Waals surface area contributed by atoms with E-state index in [0.29, 0.717) is 17.3 Å². The Morgan fingerprint density at radius 1 is 1.08 bits per heavy atom. The Kier molecular flexibility index (Phi) is 3.16. The van der Waals surface area contributed by atoms with Gasteiger partial charge >= 0.3 is 6.01 Å². The van der Waals surface area contributed by atoms with E-state index in [9.17, 15) is 0 Å². The van der Waals surface area contributed by atoms with Crippen LogP contribution in [0.4, 0.5) is 5.95 Å². The molecule has 8 nitrogen and oxygen atoms in total. The number of hydrogen-bond acceptors (Lipinski definition) is 7. The number of nitrogen functional groups attached to an aromatic ring is 1. The average molecular weight is 322 g/mol. The van der Waals surface area contributed by atoms with Crippen LogP contribution in [0.1, 0.15) is 11.1 Å². The second-order valence-electron chi connectivity index (χ2n) is 5.41. The predicted octanol–water partition coefficient (Wildman–Crippen LogP) is 2.77. The molecule has 2 N–H and O–H groups in total. The van der Waals surface area contributed by atoms with Crippen LogP contribution < -0.4 is 10.5 Å². The lowest BCUT2D eigenvalue weighted by atomic mass is 10.1. The lowest BCUT2D eigenvalue weighted by molar-refractivity contribution is 0.441. The fraction of sp³-hybridized carbons (Fsp3) is 0.125. The maximum Gasteiger partial charge on any atom is 0.328 e. The van der Waals surface area contributed by atoms with E-state index in [4.69, 9.17) is 14.9 Å². The van der Waals surface area contributed by atoms with E-state index in [1.54, 1.807) is 18.4 Å². The van der Waals surface area contributed by atoms with Crippen molar-refractivity contribution in [2.75, 3.05) is 5.73 Å². The molecule has 120 valence electrons. The van der Waals surface area contributed by atoms with Crippen molar-refractivity contribution in [1.82, 2.24) is 24.6 Å². The number of anilines is 1. The minimum atomic E-state index is 0.114. The van der Waals surface area contributed by atoms with Crippen molar-refractivity contribution >= 4 is 11.7 Å². The van der Waals surface area contributed by atoms with Gasteiger partial charge in [0.05, 0.1) is 6.26 Å². The third kappa shape index (κ3) is 2.54. The fourth-order valence-electron chi connectivity index (χ4n) is 2.44. The topological polar surface area (TPSA) is 104 Å². The molecule has 0 unspecified atom stereocenters. The minimum absolute atomic E-state index is 0.114. The monoisotopic (exact) mass is 322 g/mol. The van der Waals surface area contributed by atoms with E-state index in [2.05, 4.69) is 26.1 Å². The number of furan rings is 1. The van der Waals surface area contributed by atoms with E-state index in [-0.39, 0.29) is 17.7 Å². The smallest absolute Gasteiger partial charge is 0.328 e. The van der Waals surface area contributed by atoms with Crippen LogP contribution >= 0.6 is 0 Å². The molecule has 0 spiro atoms. The Bertz CT molecular complexity index is 1000. The molecule has 0 atom stereocenters. The molecular formula is C16H14N6O2. The molecule has 0 radical (unpaired) electrons. The molecule has 24 heavy (non-hydrogen) atoms. The van der Waals surface area contributed by atoms with Crippen LogP contribution in [-0.2, 0) is 0 Å². The van der Waals surface area contributed by atoms with Gasteiger partial charge in [0, 0.05) is 0 Å². The van der Waals surface area contributed by atoms with Crippen molar-refractivity contribution < 1.29 is 9.15 Å². The Balaban J connectivity index is 1.74. The van der Waals surface area contributed by atoms with Crippen molar-refractivity contribution in [3.8, 4) is 23.3 Å². The van der Waals surface area contributed by atoms with Crippen molar-refractivity contribution in [2.45, 2.75) is 13.8 Å². The van der Waals surface area contributed by atoms with Gasteiger partial charge in [-0.3, -0.25) is 0 Å². The number of nitrogens with zero attached hydrogens (tertiary/aromatic N) is 5. The molecule has 0 aliphatic carbocycles. The highest BCUT2D eigenvalue weighted by molar-refractivity contribution is 5.51. The standard InChI is InChI=1S/C16H14N6O2/c1-9-6-10(2)8-11(7-9)24-16-19-14(17)22-15(20-16)18-13(21-22)12-4-3-5-23-12/h3-8H,1-2H3,(H2,17,18,19,20,21). The second-order valence-corrected chi connectivity index (χ2v) is 5.41. The molecule has 0 aliphatic rings. The van der Waals surface area contributed by atoms with Crippen molar-refractivity contribution in [3.63, 3.8) is 0 Å². The second kappa shape index (κ2) is 5.34. The molecular weight excluding hydrogens is 308 g/mol. The van der Waals surface area contributed by atoms with Crippen LogP contribution in [0.2, 0.25) is 0 Å². The zero-order valence-corrected chi connectivity index (χ0v) is 13.1.